The van der Waals surface area contributed by atoms with Gasteiger partial charge in [-0.05, 0) is 24.1 Å². The summed E-state index contributed by atoms with van der Waals surface area (Å²) in [5.41, 5.74) is 0.378. The van der Waals surface area contributed by atoms with Crippen molar-refractivity contribution < 1.29 is 18.0 Å². The van der Waals surface area contributed by atoms with E-state index in [0.717, 1.165) is 17.8 Å². The molecule has 136 valence electrons. The van der Waals surface area contributed by atoms with Crippen molar-refractivity contribution in [3.05, 3.63) is 65.6 Å². The first-order valence-corrected chi connectivity index (χ1v) is 8.13. The van der Waals surface area contributed by atoms with Gasteiger partial charge in [0.15, 0.2) is 11.5 Å². The fraction of sp³-hybridized carbons (Fsp3) is 0.278. The van der Waals surface area contributed by atoms with Crippen LogP contribution < -0.4 is 5.32 Å². The Bertz CT molecular complexity index is 906. The van der Waals surface area contributed by atoms with E-state index in [1.807, 2.05) is 37.3 Å². The van der Waals surface area contributed by atoms with E-state index in [9.17, 15) is 18.0 Å². The average Bonchev–Trinajstić information content (AvgIpc) is 3.03. The van der Waals surface area contributed by atoms with Crippen molar-refractivity contribution in [2.45, 2.75) is 32.0 Å². The molecule has 0 aliphatic rings. The molecule has 1 amide bonds. The lowest BCUT2D eigenvalue weighted by atomic mass is 9.96. The summed E-state index contributed by atoms with van der Waals surface area (Å²) in [5, 5.41) is 10.5. The Kier molecular flexibility index (Phi) is 4.92. The third kappa shape index (κ3) is 3.68. The Labute approximate surface area is 147 Å². The molecule has 0 radical (unpaired) electrons. The maximum atomic E-state index is 12.9. The van der Waals surface area contributed by atoms with E-state index < -0.39 is 11.7 Å². The number of nitrogens with zero attached hydrogens (tertiary/aromatic N) is 3. The largest absolute Gasteiger partial charge is 0.417 e. The standard InChI is InChI=1S/C18H17F3N4O/c1-2-14(12-6-4-3-5-7-12)17(26)22-10-16-24-23-15-9-8-13(11-25(15)16)18(19,20)21/h3-9,11,14H,2,10H2,1H3,(H,22,26)/t14-/m1/s1. The summed E-state index contributed by atoms with van der Waals surface area (Å²) >= 11 is 0. The van der Waals surface area contributed by atoms with Gasteiger partial charge in [0.25, 0.3) is 0 Å². The smallest absolute Gasteiger partial charge is 0.348 e. The molecule has 0 spiro atoms. The van der Waals surface area contributed by atoms with Crippen LogP contribution in [0.5, 0.6) is 0 Å². The number of benzene rings is 1. The topological polar surface area (TPSA) is 59.3 Å². The Morgan fingerprint density at radius 3 is 2.54 bits per heavy atom. The molecule has 26 heavy (non-hydrogen) atoms. The molecule has 0 saturated heterocycles. The molecule has 0 saturated carbocycles. The summed E-state index contributed by atoms with van der Waals surface area (Å²) in [6, 6.07) is 11.5. The third-order valence-electron chi connectivity index (χ3n) is 4.15. The van der Waals surface area contributed by atoms with Crippen molar-refractivity contribution in [1.82, 2.24) is 19.9 Å². The fourth-order valence-electron chi connectivity index (χ4n) is 2.77. The molecule has 8 heteroatoms. The Morgan fingerprint density at radius 2 is 1.88 bits per heavy atom. The van der Waals surface area contributed by atoms with E-state index in [1.165, 1.54) is 10.5 Å². The first kappa shape index (κ1) is 17.9. The third-order valence-corrected chi connectivity index (χ3v) is 4.15. The van der Waals surface area contributed by atoms with Gasteiger partial charge in [0.1, 0.15) is 0 Å². The molecule has 3 aromatic rings. The van der Waals surface area contributed by atoms with Crippen LogP contribution in [-0.4, -0.2) is 20.5 Å². The van der Waals surface area contributed by atoms with Gasteiger partial charge in [-0.15, -0.1) is 10.2 Å². The van der Waals surface area contributed by atoms with Gasteiger partial charge >= 0.3 is 6.18 Å². The minimum atomic E-state index is -4.46. The Hall–Kier alpha value is -2.90. The van der Waals surface area contributed by atoms with Gasteiger partial charge in [-0.1, -0.05) is 37.3 Å². The van der Waals surface area contributed by atoms with Gasteiger partial charge in [0, 0.05) is 6.20 Å². The van der Waals surface area contributed by atoms with Crippen LogP contribution in [0.15, 0.2) is 48.7 Å². The molecule has 2 aromatic heterocycles. The highest BCUT2D eigenvalue weighted by molar-refractivity contribution is 5.83. The first-order chi connectivity index (χ1) is 12.4. The number of rotatable bonds is 5. The minimum absolute atomic E-state index is 0.00928. The van der Waals surface area contributed by atoms with E-state index in [2.05, 4.69) is 15.5 Å². The highest BCUT2D eigenvalue weighted by Crippen LogP contribution is 2.29. The number of carbonyl (C=O) groups excluding carboxylic acids is 1. The second-order valence-electron chi connectivity index (χ2n) is 5.85. The van der Waals surface area contributed by atoms with Crippen LogP contribution in [0.25, 0.3) is 5.65 Å². The summed E-state index contributed by atoms with van der Waals surface area (Å²) in [7, 11) is 0. The van der Waals surface area contributed by atoms with Gasteiger partial charge < -0.3 is 5.32 Å². The molecule has 5 nitrogen and oxygen atoms in total. The molecule has 0 aliphatic heterocycles. The average molecular weight is 362 g/mol. The molecule has 1 aromatic carbocycles. The molecular formula is C18H17F3N4O. The van der Waals surface area contributed by atoms with E-state index in [1.54, 1.807) is 0 Å². The maximum Gasteiger partial charge on any atom is 0.417 e. The summed E-state index contributed by atoms with van der Waals surface area (Å²) in [6.45, 7) is 1.89. The molecule has 3 rings (SSSR count). The monoisotopic (exact) mass is 362 g/mol. The zero-order valence-corrected chi connectivity index (χ0v) is 14.0. The number of hydrogen-bond donors (Lipinski definition) is 1. The number of amides is 1. The highest BCUT2D eigenvalue weighted by atomic mass is 19.4. The number of hydrogen-bond acceptors (Lipinski definition) is 3. The van der Waals surface area contributed by atoms with Crippen LogP contribution in [0, 0.1) is 0 Å². The highest BCUT2D eigenvalue weighted by Gasteiger charge is 2.31. The number of carbonyl (C=O) groups is 1. The lowest BCUT2D eigenvalue weighted by Crippen LogP contribution is -2.29. The SMILES string of the molecule is CC[C@@H](C(=O)NCc1nnc2ccc(C(F)(F)F)cn12)c1ccccc1. The van der Waals surface area contributed by atoms with Crippen LogP contribution >= 0.6 is 0 Å². The number of fused-ring (bicyclic) bond motifs is 1. The second kappa shape index (κ2) is 7.15. The number of aromatic nitrogens is 3. The predicted molar refractivity (Wildman–Crippen MR) is 89.3 cm³/mol. The van der Waals surface area contributed by atoms with Crippen molar-refractivity contribution in [2.75, 3.05) is 0 Å². The second-order valence-corrected chi connectivity index (χ2v) is 5.85. The molecule has 0 unspecified atom stereocenters. The fourth-order valence-corrected chi connectivity index (χ4v) is 2.77. The van der Waals surface area contributed by atoms with Gasteiger partial charge in [0.05, 0.1) is 18.0 Å². The number of alkyl halides is 3. The van der Waals surface area contributed by atoms with Crippen molar-refractivity contribution in [2.24, 2.45) is 0 Å². The lowest BCUT2D eigenvalue weighted by Gasteiger charge is -2.15. The zero-order valence-electron chi connectivity index (χ0n) is 14.0. The van der Waals surface area contributed by atoms with Crippen molar-refractivity contribution in [3.8, 4) is 0 Å². The summed E-state index contributed by atoms with van der Waals surface area (Å²) in [4.78, 5) is 12.5. The van der Waals surface area contributed by atoms with Crippen LogP contribution in [-0.2, 0) is 17.5 Å². The van der Waals surface area contributed by atoms with Crippen LogP contribution in [0.3, 0.4) is 0 Å². The number of halogens is 3. The minimum Gasteiger partial charge on any atom is -0.348 e. The molecule has 0 aliphatic carbocycles. The maximum absolute atomic E-state index is 12.9. The number of pyridine rings is 1. The van der Waals surface area contributed by atoms with Gasteiger partial charge in [-0.25, -0.2) is 0 Å². The van der Waals surface area contributed by atoms with Crippen LogP contribution in [0.4, 0.5) is 13.2 Å². The Balaban J connectivity index is 1.78. The van der Waals surface area contributed by atoms with Crippen LogP contribution in [0.1, 0.15) is 36.2 Å². The van der Waals surface area contributed by atoms with Gasteiger partial charge in [-0.2, -0.15) is 13.2 Å². The van der Waals surface area contributed by atoms with E-state index >= 15 is 0 Å². The van der Waals surface area contributed by atoms with Gasteiger partial charge in [0.2, 0.25) is 5.91 Å². The molecule has 0 fully saturated rings. The van der Waals surface area contributed by atoms with Crippen molar-refractivity contribution >= 4 is 11.6 Å². The lowest BCUT2D eigenvalue weighted by molar-refractivity contribution is -0.137. The van der Waals surface area contributed by atoms with E-state index in [4.69, 9.17) is 0 Å². The molecule has 1 N–H and O–H groups in total. The summed E-state index contributed by atoms with van der Waals surface area (Å²) < 4.78 is 39.9. The van der Waals surface area contributed by atoms with E-state index in [0.29, 0.717) is 6.42 Å². The molecule has 0 bridgehead atoms. The molecular weight excluding hydrogens is 345 g/mol. The van der Waals surface area contributed by atoms with Gasteiger partial charge in [-0.3, -0.25) is 9.20 Å². The quantitative estimate of drug-likeness (QED) is 0.755. The molecule has 1 atom stereocenters. The molecule has 2 heterocycles. The number of nitrogens with one attached hydrogen (secondary N) is 1. The zero-order chi connectivity index (χ0) is 18.7. The summed E-state index contributed by atoms with van der Waals surface area (Å²) in [6.07, 6.45) is -2.92. The van der Waals surface area contributed by atoms with Crippen LogP contribution in [0.2, 0.25) is 0 Å². The Morgan fingerprint density at radius 1 is 1.15 bits per heavy atom. The van der Waals surface area contributed by atoms with Crippen molar-refractivity contribution in [3.63, 3.8) is 0 Å². The summed E-state index contributed by atoms with van der Waals surface area (Å²) in [5.74, 6) is -0.300. The normalized spacial score (nSPS) is 12.9. The predicted octanol–water partition coefficient (Wildman–Crippen LogP) is 3.56. The first-order valence-electron chi connectivity index (χ1n) is 8.13. The van der Waals surface area contributed by atoms with E-state index in [-0.39, 0.29) is 29.8 Å². The van der Waals surface area contributed by atoms with Crippen molar-refractivity contribution in [1.29, 1.82) is 0 Å².